The van der Waals surface area contributed by atoms with Crippen LogP contribution < -0.4 is 10.5 Å². The van der Waals surface area contributed by atoms with Gasteiger partial charge in [0.25, 0.3) is 0 Å². The van der Waals surface area contributed by atoms with E-state index >= 15 is 0 Å². The number of hydrogen-bond acceptors (Lipinski definition) is 5. The van der Waals surface area contributed by atoms with Crippen molar-refractivity contribution < 1.29 is 24.2 Å². The molecule has 2 aromatic carbocycles. The summed E-state index contributed by atoms with van der Waals surface area (Å²) in [5.74, 6) is 0.578. The highest BCUT2D eigenvalue weighted by Gasteiger charge is 2.45. The van der Waals surface area contributed by atoms with Gasteiger partial charge in [-0.25, -0.2) is 4.79 Å². The predicted octanol–water partition coefficient (Wildman–Crippen LogP) is 4.34. The summed E-state index contributed by atoms with van der Waals surface area (Å²) >= 11 is 0. The number of nitrogens with two attached hydrogens (primary N) is 1. The molecule has 33 heavy (non-hydrogen) atoms. The average Bonchev–Trinajstić information content (AvgIpc) is 2.80. The number of benzene rings is 2. The molecule has 0 spiro atoms. The van der Waals surface area contributed by atoms with E-state index in [4.69, 9.17) is 15.2 Å². The Balaban J connectivity index is 1.58. The van der Waals surface area contributed by atoms with Crippen molar-refractivity contribution in [2.24, 2.45) is 5.73 Å². The molecule has 1 saturated carbocycles. The molecule has 1 atom stereocenters. The summed E-state index contributed by atoms with van der Waals surface area (Å²) in [5, 5.41) is 11.7. The number of rotatable bonds is 6. The van der Waals surface area contributed by atoms with E-state index in [0.29, 0.717) is 50.3 Å². The molecule has 1 saturated heterocycles. The fourth-order valence-corrected chi connectivity index (χ4v) is 5.06. The number of primary amides is 1. The molecule has 7 nitrogen and oxygen atoms in total. The minimum absolute atomic E-state index is 0.0891. The first-order chi connectivity index (χ1) is 15.9. The summed E-state index contributed by atoms with van der Waals surface area (Å²) in [7, 11) is 0. The van der Waals surface area contributed by atoms with Gasteiger partial charge in [0.15, 0.2) is 0 Å². The van der Waals surface area contributed by atoms with Crippen molar-refractivity contribution in [1.29, 1.82) is 0 Å². The molecule has 1 unspecified atom stereocenters. The van der Waals surface area contributed by atoms with Crippen molar-refractivity contribution in [3.05, 3.63) is 60.2 Å². The molecule has 1 aliphatic carbocycles. The van der Waals surface area contributed by atoms with Crippen LogP contribution in [-0.2, 0) is 9.53 Å². The second-order valence-corrected chi connectivity index (χ2v) is 9.05. The lowest BCUT2D eigenvalue weighted by Gasteiger charge is -2.42. The molecule has 1 aliphatic heterocycles. The Morgan fingerprint density at radius 2 is 1.64 bits per heavy atom. The molecule has 2 amide bonds. The molecule has 4 rings (SSSR count). The number of amides is 2. The Morgan fingerprint density at radius 1 is 0.970 bits per heavy atom. The van der Waals surface area contributed by atoms with Crippen LogP contribution in [0.5, 0.6) is 11.5 Å². The number of ether oxygens (including phenoxy) is 2. The van der Waals surface area contributed by atoms with Crippen LogP contribution in [0.3, 0.4) is 0 Å². The van der Waals surface area contributed by atoms with Crippen LogP contribution in [0, 0.1) is 0 Å². The van der Waals surface area contributed by atoms with Gasteiger partial charge in [-0.1, -0.05) is 49.6 Å². The number of piperidine rings is 1. The first-order valence-electron chi connectivity index (χ1n) is 11.7. The Hall–Kier alpha value is -3.06. The van der Waals surface area contributed by atoms with Gasteiger partial charge in [-0.3, -0.25) is 4.79 Å². The first-order valence-corrected chi connectivity index (χ1v) is 11.7. The Morgan fingerprint density at radius 3 is 2.30 bits per heavy atom. The van der Waals surface area contributed by atoms with E-state index in [1.54, 1.807) is 4.90 Å². The zero-order chi connectivity index (χ0) is 23.3. The third-order valence-electron chi connectivity index (χ3n) is 6.71. The van der Waals surface area contributed by atoms with Gasteiger partial charge < -0.3 is 25.2 Å². The van der Waals surface area contributed by atoms with Crippen molar-refractivity contribution in [2.75, 3.05) is 13.1 Å². The molecule has 0 radical (unpaired) electrons. The van der Waals surface area contributed by atoms with Gasteiger partial charge >= 0.3 is 6.09 Å². The maximum atomic E-state index is 13.8. The molecule has 3 N–H and O–H groups in total. The highest BCUT2D eigenvalue weighted by atomic mass is 16.6. The summed E-state index contributed by atoms with van der Waals surface area (Å²) in [6, 6.07) is 17.0. The highest BCUT2D eigenvalue weighted by molar-refractivity contribution is 5.85. The van der Waals surface area contributed by atoms with Crippen LogP contribution in [0.1, 0.15) is 56.4 Å². The number of likely N-dealkylation sites (tertiary alicyclic amines) is 1. The molecule has 2 aliphatic rings. The second-order valence-electron chi connectivity index (χ2n) is 9.05. The maximum Gasteiger partial charge on any atom is 0.404 e. The third kappa shape index (κ3) is 5.66. The maximum absolute atomic E-state index is 13.8. The second kappa shape index (κ2) is 10.3. The van der Waals surface area contributed by atoms with E-state index < -0.39 is 17.6 Å². The lowest BCUT2D eigenvalue weighted by Crippen LogP contribution is -2.50. The standard InChI is InChI=1S/C26H32N2O5/c27-25(30)33-21-12-16-28(17-13-21)24(29)23(26(31)14-5-2-6-15-26)19-8-7-11-22(18-19)32-20-9-3-1-4-10-20/h1,3-4,7-11,18,21,23,31H,2,5-6,12-17H2,(H2,27,30). The largest absolute Gasteiger partial charge is 0.457 e. The molecule has 7 heteroatoms. The van der Waals surface area contributed by atoms with Gasteiger partial charge in [0.1, 0.15) is 17.6 Å². The molecule has 0 bridgehead atoms. The molecule has 0 aromatic heterocycles. The van der Waals surface area contributed by atoms with Gasteiger partial charge in [0, 0.05) is 25.9 Å². The van der Waals surface area contributed by atoms with E-state index in [2.05, 4.69) is 0 Å². The summed E-state index contributed by atoms with van der Waals surface area (Å²) in [4.78, 5) is 26.6. The number of nitrogens with zero attached hydrogens (tertiary/aromatic N) is 1. The monoisotopic (exact) mass is 452 g/mol. The Bertz CT molecular complexity index is 950. The summed E-state index contributed by atoms with van der Waals surface area (Å²) in [6.45, 7) is 0.924. The summed E-state index contributed by atoms with van der Waals surface area (Å²) in [6.07, 6.45) is 4.06. The van der Waals surface area contributed by atoms with Crippen molar-refractivity contribution in [3.63, 3.8) is 0 Å². The number of carbonyl (C=O) groups is 2. The lowest BCUT2D eigenvalue weighted by atomic mass is 9.72. The Kier molecular flexibility index (Phi) is 7.18. The van der Waals surface area contributed by atoms with E-state index in [-0.39, 0.29) is 12.0 Å². The fourth-order valence-electron chi connectivity index (χ4n) is 5.06. The van der Waals surface area contributed by atoms with E-state index in [1.807, 2.05) is 54.6 Å². The number of hydrogen-bond donors (Lipinski definition) is 2. The molecule has 176 valence electrons. The Labute approximate surface area is 194 Å². The minimum Gasteiger partial charge on any atom is -0.457 e. The van der Waals surface area contributed by atoms with Gasteiger partial charge in [-0.15, -0.1) is 0 Å². The number of aliphatic hydroxyl groups is 1. The lowest BCUT2D eigenvalue weighted by molar-refractivity contribution is -0.143. The quantitative estimate of drug-likeness (QED) is 0.679. The van der Waals surface area contributed by atoms with Gasteiger partial charge in [0.05, 0.1) is 11.5 Å². The molecule has 2 aromatic rings. The molecule has 2 fully saturated rings. The average molecular weight is 453 g/mol. The SMILES string of the molecule is NC(=O)OC1CCN(C(=O)C(c2cccc(Oc3ccccc3)c2)C2(O)CCCCC2)CC1. The van der Waals surface area contributed by atoms with E-state index in [1.165, 1.54) is 0 Å². The van der Waals surface area contributed by atoms with Crippen LogP contribution in [0.2, 0.25) is 0 Å². The number of para-hydroxylation sites is 1. The van der Waals surface area contributed by atoms with Crippen LogP contribution in [-0.4, -0.2) is 46.8 Å². The zero-order valence-electron chi connectivity index (χ0n) is 18.8. The summed E-state index contributed by atoms with van der Waals surface area (Å²) < 4.78 is 11.1. The topological polar surface area (TPSA) is 102 Å². The third-order valence-corrected chi connectivity index (χ3v) is 6.71. The van der Waals surface area contributed by atoms with E-state index in [0.717, 1.165) is 24.8 Å². The van der Waals surface area contributed by atoms with Crippen molar-refractivity contribution in [3.8, 4) is 11.5 Å². The van der Waals surface area contributed by atoms with Crippen molar-refractivity contribution in [2.45, 2.75) is 62.6 Å². The van der Waals surface area contributed by atoms with Crippen LogP contribution in [0.4, 0.5) is 4.79 Å². The van der Waals surface area contributed by atoms with Gasteiger partial charge in [-0.2, -0.15) is 0 Å². The van der Waals surface area contributed by atoms with Crippen LogP contribution >= 0.6 is 0 Å². The van der Waals surface area contributed by atoms with E-state index in [9.17, 15) is 14.7 Å². The predicted molar refractivity (Wildman–Crippen MR) is 124 cm³/mol. The fraction of sp³-hybridized carbons (Fsp3) is 0.462. The van der Waals surface area contributed by atoms with Crippen LogP contribution in [0.25, 0.3) is 0 Å². The zero-order valence-corrected chi connectivity index (χ0v) is 18.8. The summed E-state index contributed by atoms with van der Waals surface area (Å²) in [5.41, 5.74) is 4.80. The van der Waals surface area contributed by atoms with Crippen molar-refractivity contribution >= 4 is 12.0 Å². The normalized spacial score (nSPS) is 19.5. The first kappa shape index (κ1) is 23.1. The van der Waals surface area contributed by atoms with Crippen LogP contribution in [0.15, 0.2) is 54.6 Å². The smallest absolute Gasteiger partial charge is 0.404 e. The number of carbonyl (C=O) groups excluding carboxylic acids is 2. The van der Waals surface area contributed by atoms with Gasteiger partial charge in [-0.05, 0) is 42.7 Å². The molecular formula is C26H32N2O5. The highest BCUT2D eigenvalue weighted by Crippen LogP contribution is 2.42. The molecule has 1 heterocycles. The minimum atomic E-state index is -1.10. The van der Waals surface area contributed by atoms with Gasteiger partial charge in [0.2, 0.25) is 5.91 Å². The van der Waals surface area contributed by atoms with Crippen molar-refractivity contribution in [1.82, 2.24) is 4.90 Å². The molecular weight excluding hydrogens is 420 g/mol.